The van der Waals surface area contributed by atoms with Crippen molar-refractivity contribution in [2.45, 2.75) is 56.2 Å². The van der Waals surface area contributed by atoms with Crippen LogP contribution in [0.4, 0.5) is 26.3 Å². The van der Waals surface area contributed by atoms with Crippen LogP contribution >= 0.6 is 0 Å². The molecule has 3 atom stereocenters. The molecule has 0 bridgehead atoms. The van der Waals surface area contributed by atoms with E-state index in [1.807, 2.05) is 4.72 Å². The fourth-order valence-corrected chi connectivity index (χ4v) is 2.94. The molecular formula is C15H19F6NO2S. The summed E-state index contributed by atoms with van der Waals surface area (Å²) in [6.07, 6.45) is -13.5. The molecule has 0 aliphatic heterocycles. The van der Waals surface area contributed by atoms with Gasteiger partial charge in [0.2, 0.25) is 0 Å². The average molecular weight is 391 g/mol. The van der Waals surface area contributed by atoms with Crippen LogP contribution in [0.15, 0.2) is 24.3 Å². The van der Waals surface area contributed by atoms with Crippen LogP contribution in [0, 0.1) is 5.82 Å². The second kappa shape index (κ2) is 7.73. The molecule has 3 nitrogen and oxygen atoms in total. The number of benzene rings is 1. The minimum Gasteiger partial charge on any atom is -0.598 e. The Labute approximate surface area is 144 Å². The van der Waals surface area contributed by atoms with Crippen LogP contribution in [0.3, 0.4) is 0 Å². The van der Waals surface area contributed by atoms with Gasteiger partial charge in [-0.3, -0.25) is 0 Å². The molecule has 0 fully saturated rings. The molecule has 0 radical (unpaired) electrons. The van der Waals surface area contributed by atoms with E-state index in [1.165, 1.54) is 26.8 Å². The highest BCUT2D eigenvalue weighted by Crippen LogP contribution is 2.40. The highest BCUT2D eigenvalue weighted by Gasteiger charge is 2.54. The molecule has 2 N–H and O–H groups in total. The molecule has 144 valence electrons. The van der Waals surface area contributed by atoms with E-state index in [2.05, 4.69) is 0 Å². The lowest BCUT2D eigenvalue weighted by atomic mass is 9.85. The minimum atomic E-state index is -5.20. The van der Waals surface area contributed by atoms with Gasteiger partial charge in [-0.2, -0.15) is 13.2 Å². The van der Waals surface area contributed by atoms with Crippen LogP contribution in [0.5, 0.6) is 0 Å². The maximum atomic E-state index is 14.1. The number of rotatable bonds is 6. The molecule has 25 heavy (non-hydrogen) atoms. The maximum Gasteiger partial charge on any atom is 0.414 e. The van der Waals surface area contributed by atoms with Gasteiger partial charge in [0, 0.05) is 23.3 Å². The van der Waals surface area contributed by atoms with E-state index in [9.17, 15) is 36.0 Å². The summed E-state index contributed by atoms with van der Waals surface area (Å²) in [6.45, 7) is 4.23. The molecule has 1 aromatic rings. The Kier molecular flexibility index (Phi) is 6.82. The summed E-state index contributed by atoms with van der Waals surface area (Å²) in [5.41, 5.74) is -3.79. The Morgan fingerprint density at radius 2 is 1.68 bits per heavy atom. The van der Waals surface area contributed by atoms with E-state index in [0.717, 1.165) is 18.2 Å². The first kappa shape index (κ1) is 22.1. The molecule has 0 spiro atoms. The fourth-order valence-electron chi connectivity index (χ4n) is 2.02. The van der Waals surface area contributed by atoms with Gasteiger partial charge < -0.3 is 9.66 Å². The van der Waals surface area contributed by atoms with Crippen molar-refractivity contribution in [1.29, 1.82) is 0 Å². The number of nitrogens with one attached hydrogen (secondary N) is 1. The van der Waals surface area contributed by atoms with Crippen molar-refractivity contribution in [1.82, 2.24) is 4.72 Å². The third-order valence-electron chi connectivity index (χ3n) is 3.45. The van der Waals surface area contributed by atoms with E-state index < -0.39 is 58.2 Å². The summed E-state index contributed by atoms with van der Waals surface area (Å²) in [5, 5.41) is 9.32. The summed E-state index contributed by atoms with van der Waals surface area (Å²) in [5.74, 6) is -1.20. The van der Waals surface area contributed by atoms with Gasteiger partial charge in [-0.25, -0.2) is 13.2 Å². The molecular weight excluding hydrogens is 372 g/mol. The topological polar surface area (TPSA) is 55.3 Å². The molecule has 0 saturated carbocycles. The predicted octanol–water partition coefficient (Wildman–Crippen LogP) is 3.65. The molecule has 1 rings (SSSR count). The molecule has 0 amide bonds. The number of alkyl halides is 5. The van der Waals surface area contributed by atoms with Crippen LogP contribution < -0.4 is 4.72 Å². The van der Waals surface area contributed by atoms with Crippen molar-refractivity contribution in [3.05, 3.63) is 35.6 Å². The zero-order chi connectivity index (χ0) is 19.6. The zero-order valence-corrected chi connectivity index (χ0v) is 14.5. The van der Waals surface area contributed by atoms with Crippen molar-refractivity contribution in [3.8, 4) is 0 Å². The lowest BCUT2D eigenvalue weighted by molar-refractivity contribution is -0.213. The van der Waals surface area contributed by atoms with Gasteiger partial charge >= 0.3 is 6.18 Å². The Hall–Kier alpha value is -0.970. The van der Waals surface area contributed by atoms with Gasteiger partial charge in [0.05, 0.1) is 0 Å². The van der Waals surface area contributed by atoms with Gasteiger partial charge in [0.1, 0.15) is 10.6 Å². The van der Waals surface area contributed by atoms with Crippen LogP contribution in [-0.2, 0) is 16.9 Å². The average Bonchev–Trinajstić information content (AvgIpc) is 2.44. The van der Waals surface area contributed by atoms with Gasteiger partial charge in [-0.1, -0.05) is 18.2 Å². The van der Waals surface area contributed by atoms with Crippen molar-refractivity contribution < 1.29 is 36.0 Å². The van der Waals surface area contributed by atoms with Gasteiger partial charge in [0.25, 0.3) is 6.43 Å². The zero-order valence-electron chi connectivity index (χ0n) is 13.7. The predicted molar refractivity (Wildman–Crippen MR) is 81.8 cm³/mol. The monoisotopic (exact) mass is 391 g/mol. The highest BCUT2D eigenvalue weighted by atomic mass is 32.2. The van der Waals surface area contributed by atoms with E-state index in [1.54, 1.807) is 0 Å². The Bertz CT molecular complexity index is 554. The normalized spacial score (nSPS) is 18.1. The number of aliphatic hydroxyl groups is 1. The quantitative estimate of drug-likeness (QED) is 0.575. The minimum absolute atomic E-state index is 0.800. The summed E-state index contributed by atoms with van der Waals surface area (Å²) in [4.78, 5) is 0. The summed E-state index contributed by atoms with van der Waals surface area (Å²) in [7, 11) is 0. The molecule has 0 unspecified atom stereocenters. The largest absolute Gasteiger partial charge is 0.598 e. The van der Waals surface area contributed by atoms with E-state index in [-0.39, 0.29) is 0 Å². The molecule has 0 aliphatic rings. The standard InChI is InChI=1S/C15H19F6NO2S/c1-13(2,3)25(24)22-14(12(17)18,8-11(23)15(19,20)21)9-6-4-5-7-10(9)16/h4-7,11-12,22-23H,8H2,1-3H3/t11-,14-,25-/m0/s1. The SMILES string of the molecule is CC(C)(C)[S@+]([O-])N[C@@](C[C@H](O)C(F)(F)F)(c1ccccc1F)C(F)F. The lowest BCUT2D eigenvalue weighted by Gasteiger charge is -2.38. The molecule has 0 heterocycles. The van der Waals surface area contributed by atoms with Crippen LogP contribution in [-0.4, -0.2) is 33.1 Å². The first-order valence-corrected chi connectivity index (χ1v) is 8.34. The van der Waals surface area contributed by atoms with Crippen LogP contribution in [0.2, 0.25) is 0 Å². The molecule has 0 aromatic heterocycles. The van der Waals surface area contributed by atoms with Crippen molar-refractivity contribution in [2.24, 2.45) is 0 Å². The van der Waals surface area contributed by atoms with E-state index >= 15 is 0 Å². The fraction of sp³-hybridized carbons (Fsp3) is 0.600. The van der Waals surface area contributed by atoms with Gasteiger partial charge in [-0.15, -0.1) is 4.72 Å². The number of halogens is 6. The number of aliphatic hydroxyl groups excluding tert-OH is 1. The van der Waals surface area contributed by atoms with Gasteiger partial charge in [-0.05, 0) is 26.8 Å². The first-order chi connectivity index (χ1) is 11.2. The Balaban J connectivity index is 3.48. The molecule has 10 heteroatoms. The molecule has 0 aliphatic carbocycles. The van der Waals surface area contributed by atoms with E-state index in [4.69, 9.17) is 0 Å². The Morgan fingerprint density at radius 1 is 1.16 bits per heavy atom. The van der Waals surface area contributed by atoms with Crippen molar-refractivity contribution in [3.63, 3.8) is 0 Å². The summed E-state index contributed by atoms with van der Waals surface area (Å²) >= 11 is -2.25. The summed E-state index contributed by atoms with van der Waals surface area (Å²) in [6, 6.07) is 4.01. The molecule has 0 saturated heterocycles. The maximum absolute atomic E-state index is 14.1. The van der Waals surface area contributed by atoms with Crippen LogP contribution in [0.25, 0.3) is 0 Å². The highest BCUT2D eigenvalue weighted by molar-refractivity contribution is 7.90. The van der Waals surface area contributed by atoms with Gasteiger partial charge in [0.15, 0.2) is 11.6 Å². The number of hydrogen-bond acceptors (Lipinski definition) is 3. The lowest BCUT2D eigenvalue weighted by Crippen LogP contribution is -2.58. The van der Waals surface area contributed by atoms with Crippen molar-refractivity contribution >= 4 is 11.4 Å². The molecule has 1 aromatic carbocycles. The van der Waals surface area contributed by atoms with E-state index in [0.29, 0.717) is 0 Å². The smallest absolute Gasteiger partial charge is 0.414 e. The first-order valence-electron chi connectivity index (χ1n) is 7.19. The Morgan fingerprint density at radius 3 is 2.08 bits per heavy atom. The van der Waals surface area contributed by atoms with Crippen LogP contribution in [0.1, 0.15) is 32.8 Å². The second-order valence-electron chi connectivity index (χ2n) is 6.50. The third kappa shape index (κ3) is 5.25. The third-order valence-corrected chi connectivity index (χ3v) is 5.11. The second-order valence-corrected chi connectivity index (χ2v) is 8.46. The van der Waals surface area contributed by atoms with Crippen molar-refractivity contribution in [2.75, 3.05) is 0 Å². The summed E-state index contributed by atoms with van der Waals surface area (Å²) < 4.78 is 93.2. The number of hydrogen-bond donors (Lipinski definition) is 2.